The van der Waals surface area contributed by atoms with Crippen LogP contribution in [0.4, 0.5) is 0 Å². The normalized spacial score (nSPS) is 10.9. The zero-order valence-electron chi connectivity index (χ0n) is 20.7. The molecule has 0 N–H and O–H groups in total. The van der Waals surface area contributed by atoms with Crippen molar-refractivity contribution in [3.05, 3.63) is 70.4 Å². The van der Waals surface area contributed by atoms with E-state index in [9.17, 15) is 4.79 Å². The number of carbonyl (C=O) groups excluding carboxylic acids is 1. The first-order valence-electron chi connectivity index (χ1n) is 11.3. The van der Waals surface area contributed by atoms with Gasteiger partial charge in [0.1, 0.15) is 18.1 Å². The molecule has 0 aliphatic rings. The average Bonchev–Trinajstić information content (AvgIpc) is 3.42. The van der Waals surface area contributed by atoms with Crippen molar-refractivity contribution in [1.82, 2.24) is 20.0 Å². The number of benzene rings is 2. The van der Waals surface area contributed by atoms with Crippen LogP contribution in [0.15, 0.2) is 40.8 Å². The Labute approximate surface area is 203 Å². The molecule has 4 aromatic rings. The average molecular weight is 477 g/mol. The highest BCUT2D eigenvalue weighted by molar-refractivity contribution is 5.88. The second-order valence-corrected chi connectivity index (χ2v) is 8.10. The van der Waals surface area contributed by atoms with Gasteiger partial charge in [-0.25, -0.2) is 14.5 Å². The van der Waals surface area contributed by atoms with Crippen LogP contribution in [0.2, 0.25) is 0 Å². The van der Waals surface area contributed by atoms with E-state index < -0.39 is 5.97 Å². The molecule has 0 aliphatic heterocycles. The van der Waals surface area contributed by atoms with Crippen LogP contribution in [0.3, 0.4) is 0 Å². The van der Waals surface area contributed by atoms with E-state index in [2.05, 4.69) is 15.3 Å². The Morgan fingerprint density at radius 2 is 1.83 bits per heavy atom. The summed E-state index contributed by atoms with van der Waals surface area (Å²) < 4.78 is 23.9. The molecule has 0 bridgehead atoms. The highest BCUT2D eigenvalue weighted by atomic mass is 16.5. The number of rotatable bonds is 8. The van der Waals surface area contributed by atoms with Gasteiger partial charge in [-0.2, -0.15) is 0 Å². The minimum absolute atomic E-state index is 0.0573. The molecule has 0 radical (unpaired) electrons. The molecule has 182 valence electrons. The van der Waals surface area contributed by atoms with Crippen LogP contribution in [-0.2, 0) is 11.3 Å². The van der Waals surface area contributed by atoms with Gasteiger partial charge in [0.2, 0.25) is 5.89 Å². The molecule has 0 amide bonds. The molecule has 2 heterocycles. The van der Waals surface area contributed by atoms with Gasteiger partial charge >= 0.3 is 5.97 Å². The van der Waals surface area contributed by atoms with E-state index in [4.69, 9.17) is 18.6 Å². The van der Waals surface area contributed by atoms with Gasteiger partial charge in [0.25, 0.3) is 0 Å². The number of nitrogens with zero attached hydrogens (tertiary/aromatic N) is 4. The maximum atomic E-state index is 12.7. The number of hydrogen-bond acceptors (Lipinski definition) is 8. The summed E-state index contributed by atoms with van der Waals surface area (Å²) in [6.07, 6.45) is 0. The third-order valence-corrected chi connectivity index (χ3v) is 5.77. The first-order chi connectivity index (χ1) is 16.8. The number of aryl methyl sites for hydroxylation is 3. The number of oxazole rings is 1. The lowest BCUT2D eigenvalue weighted by atomic mass is 10.1. The van der Waals surface area contributed by atoms with Gasteiger partial charge in [-0.15, -0.1) is 5.10 Å². The molecule has 0 aliphatic carbocycles. The Balaban J connectivity index is 1.49. The molecule has 9 heteroatoms. The van der Waals surface area contributed by atoms with E-state index >= 15 is 0 Å². The molecular weight excluding hydrogens is 448 g/mol. The van der Waals surface area contributed by atoms with E-state index in [0.29, 0.717) is 41.1 Å². The molecule has 2 aromatic carbocycles. The van der Waals surface area contributed by atoms with Crippen molar-refractivity contribution in [3.8, 4) is 28.6 Å². The Kier molecular flexibility index (Phi) is 6.86. The van der Waals surface area contributed by atoms with Crippen molar-refractivity contribution in [2.75, 3.05) is 13.7 Å². The maximum Gasteiger partial charge on any atom is 0.361 e. The van der Waals surface area contributed by atoms with Crippen LogP contribution in [0.25, 0.3) is 17.1 Å². The fourth-order valence-electron chi connectivity index (χ4n) is 3.58. The van der Waals surface area contributed by atoms with Gasteiger partial charge in [-0.3, -0.25) is 0 Å². The lowest BCUT2D eigenvalue weighted by Crippen LogP contribution is -2.09. The molecular formula is C26H28N4O5. The van der Waals surface area contributed by atoms with Gasteiger partial charge in [-0.1, -0.05) is 11.3 Å². The van der Waals surface area contributed by atoms with Crippen LogP contribution in [0, 0.1) is 27.7 Å². The number of ether oxygens (including phenoxy) is 3. The van der Waals surface area contributed by atoms with Gasteiger partial charge in [0.05, 0.1) is 25.1 Å². The van der Waals surface area contributed by atoms with E-state index in [-0.39, 0.29) is 12.3 Å². The number of esters is 1. The summed E-state index contributed by atoms with van der Waals surface area (Å²) in [5.74, 6) is 1.59. The largest absolute Gasteiger partial charge is 0.493 e. The molecule has 0 fully saturated rings. The topological polar surface area (TPSA) is 102 Å². The second kappa shape index (κ2) is 10.0. The van der Waals surface area contributed by atoms with Gasteiger partial charge < -0.3 is 18.6 Å². The number of methoxy groups -OCH3 is 1. The molecule has 0 saturated carbocycles. The Morgan fingerprint density at radius 3 is 2.54 bits per heavy atom. The van der Waals surface area contributed by atoms with E-state index in [0.717, 1.165) is 16.8 Å². The summed E-state index contributed by atoms with van der Waals surface area (Å²) in [4.78, 5) is 17.3. The van der Waals surface area contributed by atoms with Gasteiger partial charge in [0.15, 0.2) is 17.2 Å². The monoisotopic (exact) mass is 476 g/mol. The van der Waals surface area contributed by atoms with Crippen LogP contribution in [-0.4, -0.2) is 39.7 Å². The van der Waals surface area contributed by atoms with E-state index in [1.54, 1.807) is 37.8 Å². The lowest BCUT2D eigenvalue weighted by Gasteiger charge is -2.09. The first kappa shape index (κ1) is 24.0. The number of aromatic nitrogens is 4. The molecule has 2 aromatic heterocycles. The fourth-order valence-corrected chi connectivity index (χ4v) is 3.58. The van der Waals surface area contributed by atoms with Crippen LogP contribution < -0.4 is 9.47 Å². The maximum absolute atomic E-state index is 12.7. The standard InChI is InChI=1S/C26H28N4O5/c1-7-33-22-11-9-19(13-23(22)32-6)25-27-21(18(5)35-25)14-34-26(31)24-17(4)30(29-28-24)20-10-8-15(2)16(3)12-20/h8-13H,7,14H2,1-6H3. The van der Waals surface area contributed by atoms with Crippen molar-refractivity contribution in [3.63, 3.8) is 0 Å². The third-order valence-electron chi connectivity index (χ3n) is 5.77. The van der Waals surface area contributed by atoms with Crippen molar-refractivity contribution >= 4 is 5.97 Å². The summed E-state index contributed by atoms with van der Waals surface area (Å²) in [6, 6.07) is 11.4. The van der Waals surface area contributed by atoms with E-state index in [1.807, 2.05) is 45.0 Å². The molecule has 4 rings (SSSR count). The molecule has 0 spiro atoms. The van der Waals surface area contributed by atoms with Crippen molar-refractivity contribution in [2.24, 2.45) is 0 Å². The van der Waals surface area contributed by atoms with Gasteiger partial charge in [-0.05, 0) is 76.1 Å². The zero-order valence-corrected chi connectivity index (χ0v) is 20.7. The quantitative estimate of drug-likeness (QED) is 0.330. The summed E-state index contributed by atoms with van der Waals surface area (Å²) in [6.45, 7) is 10.00. The molecule has 0 atom stereocenters. The fraction of sp³-hybridized carbons (Fsp3) is 0.308. The second-order valence-electron chi connectivity index (χ2n) is 8.10. The highest BCUT2D eigenvalue weighted by Crippen LogP contribution is 2.33. The minimum Gasteiger partial charge on any atom is -0.493 e. The molecule has 35 heavy (non-hydrogen) atoms. The van der Waals surface area contributed by atoms with Crippen LogP contribution in [0.5, 0.6) is 11.5 Å². The summed E-state index contributed by atoms with van der Waals surface area (Å²) in [5, 5.41) is 8.18. The number of carbonyl (C=O) groups is 1. The number of hydrogen-bond donors (Lipinski definition) is 0. The lowest BCUT2D eigenvalue weighted by molar-refractivity contribution is 0.0459. The molecule has 9 nitrogen and oxygen atoms in total. The smallest absolute Gasteiger partial charge is 0.361 e. The Morgan fingerprint density at radius 1 is 1.03 bits per heavy atom. The molecule has 0 unspecified atom stereocenters. The Bertz CT molecular complexity index is 1370. The van der Waals surface area contributed by atoms with Crippen LogP contribution >= 0.6 is 0 Å². The molecule has 0 saturated heterocycles. The SMILES string of the molecule is CCOc1ccc(-c2nc(COC(=O)c3nnn(-c4ccc(C)c(C)c4)c3C)c(C)o2)cc1OC. The van der Waals surface area contributed by atoms with Crippen molar-refractivity contribution in [1.29, 1.82) is 0 Å². The first-order valence-corrected chi connectivity index (χ1v) is 11.3. The summed E-state index contributed by atoms with van der Waals surface area (Å²) in [5.41, 5.74) is 5.12. The summed E-state index contributed by atoms with van der Waals surface area (Å²) >= 11 is 0. The predicted molar refractivity (Wildman–Crippen MR) is 129 cm³/mol. The van der Waals surface area contributed by atoms with E-state index in [1.165, 1.54) is 5.56 Å². The predicted octanol–water partition coefficient (Wildman–Crippen LogP) is 4.92. The highest BCUT2D eigenvalue weighted by Gasteiger charge is 2.21. The third kappa shape index (κ3) is 4.89. The summed E-state index contributed by atoms with van der Waals surface area (Å²) in [7, 11) is 1.57. The van der Waals surface area contributed by atoms with Crippen molar-refractivity contribution in [2.45, 2.75) is 41.2 Å². The van der Waals surface area contributed by atoms with Gasteiger partial charge in [0, 0.05) is 5.56 Å². The zero-order chi connectivity index (χ0) is 25.1. The van der Waals surface area contributed by atoms with Crippen LogP contribution in [0.1, 0.15) is 45.7 Å². The Hall–Kier alpha value is -4.14. The minimum atomic E-state index is -0.579. The van der Waals surface area contributed by atoms with Crippen molar-refractivity contribution < 1.29 is 23.4 Å².